The second kappa shape index (κ2) is 5.74. The molecular formula is C14H14FN3O3. The van der Waals surface area contributed by atoms with Gasteiger partial charge < -0.3 is 10.4 Å². The Kier molecular flexibility index (Phi) is 4.02. The molecule has 1 unspecified atom stereocenters. The summed E-state index contributed by atoms with van der Waals surface area (Å²) in [5, 5.41) is 15.1. The smallest absolute Gasteiger partial charge is 0.338 e. The molecule has 6 nitrogen and oxygen atoms in total. The molecule has 0 fully saturated rings. The van der Waals surface area contributed by atoms with Gasteiger partial charge in [0.15, 0.2) is 0 Å². The summed E-state index contributed by atoms with van der Waals surface area (Å²) >= 11 is 0. The summed E-state index contributed by atoms with van der Waals surface area (Å²) in [5.74, 6) is -2.15. The highest BCUT2D eigenvalue weighted by atomic mass is 19.1. The molecule has 1 heterocycles. The second-order valence-corrected chi connectivity index (χ2v) is 4.66. The van der Waals surface area contributed by atoms with Crippen molar-refractivity contribution in [2.45, 2.75) is 19.9 Å². The van der Waals surface area contributed by atoms with Gasteiger partial charge in [-0.3, -0.25) is 9.48 Å². The Labute approximate surface area is 120 Å². The highest BCUT2D eigenvalue weighted by molar-refractivity contribution is 5.94. The van der Waals surface area contributed by atoms with Crippen LogP contribution in [0.15, 0.2) is 30.6 Å². The minimum atomic E-state index is -1.13. The highest BCUT2D eigenvalue weighted by Gasteiger charge is 2.18. The molecular weight excluding hydrogens is 277 g/mol. The predicted octanol–water partition coefficient (Wildman–Crippen LogP) is 2.23. The molecule has 2 rings (SSSR count). The number of amides is 1. The van der Waals surface area contributed by atoms with Crippen LogP contribution >= 0.6 is 0 Å². The number of carbonyl (C=O) groups is 2. The zero-order chi connectivity index (χ0) is 15.6. The van der Waals surface area contributed by atoms with Crippen molar-refractivity contribution in [1.29, 1.82) is 0 Å². The number of anilines is 1. The van der Waals surface area contributed by atoms with E-state index < -0.39 is 23.7 Å². The van der Waals surface area contributed by atoms with Gasteiger partial charge in [0.2, 0.25) is 5.91 Å². The van der Waals surface area contributed by atoms with Gasteiger partial charge in [0.25, 0.3) is 0 Å². The van der Waals surface area contributed by atoms with Gasteiger partial charge in [-0.2, -0.15) is 5.10 Å². The van der Waals surface area contributed by atoms with Gasteiger partial charge in [0, 0.05) is 6.20 Å². The molecule has 110 valence electrons. The van der Waals surface area contributed by atoms with Gasteiger partial charge in [-0.05, 0) is 31.5 Å². The molecule has 1 aromatic carbocycles. The highest BCUT2D eigenvalue weighted by Crippen LogP contribution is 2.17. The molecule has 0 aliphatic rings. The summed E-state index contributed by atoms with van der Waals surface area (Å²) in [6.07, 6.45) is 2.40. The number of carboxylic acid groups (broad SMARTS) is 1. The zero-order valence-corrected chi connectivity index (χ0v) is 11.5. The van der Waals surface area contributed by atoms with Crippen LogP contribution in [-0.2, 0) is 4.79 Å². The third-order valence-electron chi connectivity index (χ3n) is 3.00. The molecule has 0 aliphatic heterocycles. The summed E-state index contributed by atoms with van der Waals surface area (Å²) in [4.78, 5) is 22.8. The Hall–Kier alpha value is -2.70. The molecule has 0 saturated carbocycles. The number of nitrogens with one attached hydrogen (secondary N) is 1. The number of aromatic nitrogens is 2. The molecule has 1 atom stereocenters. The molecule has 7 heteroatoms. The van der Waals surface area contributed by atoms with Crippen molar-refractivity contribution in [1.82, 2.24) is 9.78 Å². The van der Waals surface area contributed by atoms with Gasteiger partial charge in [0.05, 0.1) is 17.4 Å². The van der Waals surface area contributed by atoms with Crippen LogP contribution in [-0.4, -0.2) is 26.8 Å². The minimum Gasteiger partial charge on any atom is -0.478 e. The minimum absolute atomic E-state index is 0.0172. The number of nitrogens with zero attached hydrogens (tertiary/aromatic N) is 2. The maximum atomic E-state index is 13.6. The lowest BCUT2D eigenvalue weighted by molar-refractivity contribution is -0.119. The van der Waals surface area contributed by atoms with E-state index in [-0.39, 0.29) is 11.3 Å². The molecule has 0 saturated heterocycles. The lowest BCUT2D eigenvalue weighted by atomic mass is 10.2. The fraction of sp³-hybridized carbons (Fsp3) is 0.214. The number of hydrogen-bond acceptors (Lipinski definition) is 3. The molecule has 1 amide bonds. The average Bonchev–Trinajstić information content (AvgIpc) is 2.91. The first-order valence-electron chi connectivity index (χ1n) is 6.23. The number of aryl methyl sites for hydroxylation is 1. The van der Waals surface area contributed by atoms with Crippen molar-refractivity contribution in [2.75, 3.05) is 5.32 Å². The van der Waals surface area contributed by atoms with Crippen molar-refractivity contribution in [3.05, 3.63) is 47.5 Å². The Morgan fingerprint density at radius 2 is 2.14 bits per heavy atom. The maximum Gasteiger partial charge on any atom is 0.338 e. The lowest BCUT2D eigenvalue weighted by Gasteiger charge is -2.13. The van der Waals surface area contributed by atoms with Crippen LogP contribution in [0.25, 0.3) is 0 Å². The summed E-state index contributed by atoms with van der Waals surface area (Å²) < 4.78 is 14.8. The predicted molar refractivity (Wildman–Crippen MR) is 73.7 cm³/mol. The lowest BCUT2D eigenvalue weighted by Crippen LogP contribution is -2.24. The third kappa shape index (κ3) is 3.25. The van der Waals surface area contributed by atoms with E-state index in [0.29, 0.717) is 0 Å². The number of aromatic carboxylic acids is 1. The molecule has 1 aromatic heterocycles. The van der Waals surface area contributed by atoms with Crippen molar-refractivity contribution >= 4 is 17.6 Å². The molecule has 2 aromatic rings. The zero-order valence-electron chi connectivity index (χ0n) is 11.5. The monoisotopic (exact) mass is 291 g/mol. The van der Waals surface area contributed by atoms with Gasteiger partial charge in [-0.1, -0.05) is 6.07 Å². The van der Waals surface area contributed by atoms with Crippen LogP contribution < -0.4 is 5.32 Å². The number of carbonyl (C=O) groups excluding carboxylic acids is 1. The van der Waals surface area contributed by atoms with Crippen LogP contribution in [0.4, 0.5) is 10.1 Å². The quantitative estimate of drug-likeness (QED) is 0.904. The van der Waals surface area contributed by atoms with Crippen LogP contribution in [0, 0.1) is 12.7 Å². The van der Waals surface area contributed by atoms with Crippen LogP contribution in [0.1, 0.15) is 28.9 Å². The van der Waals surface area contributed by atoms with E-state index in [1.807, 2.05) is 0 Å². The van der Waals surface area contributed by atoms with Crippen LogP contribution in [0.3, 0.4) is 0 Å². The van der Waals surface area contributed by atoms with Gasteiger partial charge in [-0.25, -0.2) is 9.18 Å². The van der Waals surface area contributed by atoms with E-state index in [0.717, 1.165) is 11.8 Å². The number of hydrogen-bond donors (Lipinski definition) is 2. The first-order valence-corrected chi connectivity index (χ1v) is 6.23. The summed E-state index contributed by atoms with van der Waals surface area (Å²) in [7, 11) is 0. The molecule has 0 spiro atoms. The molecule has 0 radical (unpaired) electrons. The summed E-state index contributed by atoms with van der Waals surface area (Å²) in [6.45, 7) is 3.33. The second-order valence-electron chi connectivity index (χ2n) is 4.66. The fourth-order valence-corrected chi connectivity index (χ4v) is 1.75. The number of benzene rings is 1. The Morgan fingerprint density at radius 3 is 2.76 bits per heavy atom. The number of carboxylic acids is 1. The normalized spacial score (nSPS) is 12.0. The van der Waals surface area contributed by atoms with Gasteiger partial charge in [0.1, 0.15) is 11.9 Å². The number of halogens is 1. The van der Waals surface area contributed by atoms with Crippen LogP contribution in [0.5, 0.6) is 0 Å². The van der Waals surface area contributed by atoms with E-state index in [4.69, 9.17) is 5.11 Å². The van der Waals surface area contributed by atoms with E-state index >= 15 is 0 Å². The molecule has 0 aliphatic carbocycles. The fourth-order valence-electron chi connectivity index (χ4n) is 1.75. The maximum absolute atomic E-state index is 13.6. The largest absolute Gasteiger partial charge is 0.478 e. The Morgan fingerprint density at radius 1 is 1.43 bits per heavy atom. The first-order chi connectivity index (χ1) is 9.88. The molecule has 2 N–H and O–H groups in total. The van der Waals surface area contributed by atoms with E-state index in [9.17, 15) is 14.0 Å². The van der Waals surface area contributed by atoms with Crippen molar-refractivity contribution in [3.63, 3.8) is 0 Å². The van der Waals surface area contributed by atoms with Crippen molar-refractivity contribution in [2.24, 2.45) is 0 Å². The number of rotatable bonds is 4. The van der Waals surface area contributed by atoms with Gasteiger partial charge >= 0.3 is 5.97 Å². The Balaban J connectivity index is 2.15. The summed E-state index contributed by atoms with van der Waals surface area (Å²) in [6, 6.07) is 3.62. The topological polar surface area (TPSA) is 84.2 Å². The molecule has 0 bridgehead atoms. The summed E-state index contributed by atoms with van der Waals surface area (Å²) in [5.41, 5.74) is 0.875. The third-order valence-corrected chi connectivity index (χ3v) is 3.00. The van der Waals surface area contributed by atoms with Crippen LogP contribution in [0.2, 0.25) is 0 Å². The SMILES string of the molecule is Cc1ccc(F)c(NC(=O)C(C)n2cc(C(=O)O)cn2)c1. The molecule has 21 heavy (non-hydrogen) atoms. The average molecular weight is 291 g/mol. The standard InChI is InChI=1S/C14H14FN3O3/c1-8-3-4-11(15)12(5-8)17-13(19)9(2)18-7-10(6-16-18)14(20)21/h3-7,9H,1-2H3,(H,17,19)(H,20,21). The van der Waals surface area contributed by atoms with Crippen molar-refractivity contribution < 1.29 is 19.1 Å². The van der Waals surface area contributed by atoms with Gasteiger partial charge in [-0.15, -0.1) is 0 Å². The van der Waals surface area contributed by atoms with E-state index in [1.54, 1.807) is 19.9 Å². The van der Waals surface area contributed by atoms with E-state index in [2.05, 4.69) is 10.4 Å². The van der Waals surface area contributed by atoms with E-state index in [1.165, 1.54) is 23.0 Å². The first kappa shape index (κ1) is 14.7. The Bertz CT molecular complexity index is 697. The van der Waals surface area contributed by atoms with Crippen molar-refractivity contribution in [3.8, 4) is 0 Å².